The standard InChI is InChI=1S/C14H18ClN3/c1-2-10-3-5-11(6-4-10)14-17-9-12-13(15)16-7-8-18(12)14/h7-11H,2-6H2,1H3. The molecule has 2 aromatic heterocycles. The maximum absolute atomic E-state index is 6.08. The Bertz CT molecular complexity index is 541. The smallest absolute Gasteiger partial charge is 0.154 e. The molecule has 0 atom stereocenters. The van der Waals surface area contributed by atoms with Gasteiger partial charge >= 0.3 is 0 Å². The van der Waals surface area contributed by atoms with Crippen LogP contribution in [0, 0.1) is 5.92 Å². The Labute approximate surface area is 112 Å². The number of hydrogen-bond acceptors (Lipinski definition) is 2. The van der Waals surface area contributed by atoms with Gasteiger partial charge in [0.25, 0.3) is 0 Å². The zero-order chi connectivity index (χ0) is 12.5. The Balaban J connectivity index is 1.89. The zero-order valence-electron chi connectivity index (χ0n) is 10.6. The van der Waals surface area contributed by atoms with Gasteiger partial charge in [-0.25, -0.2) is 9.97 Å². The predicted octanol–water partition coefficient (Wildman–Crippen LogP) is 4.07. The highest BCUT2D eigenvalue weighted by molar-refractivity contribution is 6.32. The first-order valence-corrected chi connectivity index (χ1v) is 7.15. The molecule has 0 aliphatic heterocycles. The second kappa shape index (κ2) is 4.88. The van der Waals surface area contributed by atoms with Crippen molar-refractivity contribution in [3.8, 4) is 0 Å². The van der Waals surface area contributed by atoms with Crippen molar-refractivity contribution in [2.24, 2.45) is 5.92 Å². The fraction of sp³-hybridized carbons (Fsp3) is 0.571. The number of aromatic nitrogens is 3. The van der Waals surface area contributed by atoms with Crippen molar-refractivity contribution in [1.82, 2.24) is 14.4 Å². The van der Waals surface area contributed by atoms with Gasteiger partial charge in [-0.3, -0.25) is 4.40 Å². The minimum absolute atomic E-state index is 0.540. The lowest BCUT2D eigenvalue weighted by molar-refractivity contribution is 0.311. The molecule has 0 N–H and O–H groups in total. The quantitative estimate of drug-likeness (QED) is 0.818. The van der Waals surface area contributed by atoms with Gasteiger partial charge in [-0.15, -0.1) is 0 Å². The van der Waals surface area contributed by atoms with Crippen LogP contribution in [0.2, 0.25) is 5.15 Å². The number of nitrogens with zero attached hydrogens (tertiary/aromatic N) is 3. The lowest BCUT2D eigenvalue weighted by atomic mass is 9.80. The molecule has 1 saturated carbocycles. The van der Waals surface area contributed by atoms with Crippen molar-refractivity contribution in [1.29, 1.82) is 0 Å². The van der Waals surface area contributed by atoms with Gasteiger partial charge in [-0.1, -0.05) is 24.9 Å². The van der Waals surface area contributed by atoms with Crippen molar-refractivity contribution < 1.29 is 0 Å². The number of imidazole rings is 1. The first-order valence-electron chi connectivity index (χ1n) is 6.77. The first kappa shape index (κ1) is 12.0. The summed E-state index contributed by atoms with van der Waals surface area (Å²) in [7, 11) is 0. The molecular formula is C14H18ClN3. The van der Waals surface area contributed by atoms with E-state index in [9.17, 15) is 0 Å². The van der Waals surface area contributed by atoms with Crippen LogP contribution >= 0.6 is 11.6 Å². The third kappa shape index (κ3) is 2.01. The van der Waals surface area contributed by atoms with Crippen LogP contribution in [0.5, 0.6) is 0 Å². The average molecular weight is 264 g/mol. The fourth-order valence-electron chi connectivity index (χ4n) is 3.05. The van der Waals surface area contributed by atoms with Gasteiger partial charge in [0.2, 0.25) is 0 Å². The van der Waals surface area contributed by atoms with Gasteiger partial charge in [0.05, 0.1) is 6.20 Å². The van der Waals surface area contributed by atoms with E-state index in [1.807, 2.05) is 12.4 Å². The third-order valence-corrected chi connectivity index (χ3v) is 4.52. The summed E-state index contributed by atoms with van der Waals surface area (Å²) >= 11 is 6.08. The summed E-state index contributed by atoms with van der Waals surface area (Å²) < 4.78 is 2.10. The van der Waals surface area contributed by atoms with E-state index in [1.54, 1.807) is 6.20 Å². The van der Waals surface area contributed by atoms with Crippen molar-refractivity contribution in [2.75, 3.05) is 0 Å². The fourth-order valence-corrected chi connectivity index (χ4v) is 3.24. The number of hydrogen-bond donors (Lipinski definition) is 0. The molecule has 0 saturated heterocycles. The Kier molecular flexibility index (Phi) is 3.25. The topological polar surface area (TPSA) is 30.2 Å². The molecular weight excluding hydrogens is 246 g/mol. The zero-order valence-corrected chi connectivity index (χ0v) is 11.4. The molecule has 2 heterocycles. The van der Waals surface area contributed by atoms with Gasteiger partial charge < -0.3 is 0 Å². The van der Waals surface area contributed by atoms with Crippen LogP contribution in [-0.2, 0) is 0 Å². The van der Waals surface area contributed by atoms with E-state index in [0.29, 0.717) is 11.1 Å². The molecule has 0 unspecified atom stereocenters. The van der Waals surface area contributed by atoms with E-state index >= 15 is 0 Å². The van der Waals surface area contributed by atoms with Gasteiger partial charge in [0, 0.05) is 18.3 Å². The molecule has 0 bridgehead atoms. The van der Waals surface area contributed by atoms with Crippen LogP contribution in [-0.4, -0.2) is 14.4 Å². The molecule has 0 spiro atoms. The van der Waals surface area contributed by atoms with E-state index in [-0.39, 0.29) is 0 Å². The molecule has 18 heavy (non-hydrogen) atoms. The second-order valence-electron chi connectivity index (χ2n) is 5.22. The van der Waals surface area contributed by atoms with Crippen LogP contribution in [0.1, 0.15) is 50.8 Å². The van der Waals surface area contributed by atoms with E-state index in [0.717, 1.165) is 17.3 Å². The molecule has 0 radical (unpaired) electrons. The van der Waals surface area contributed by atoms with E-state index in [1.165, 1.54) is 32.1 Å². The van der Waals surface area contributed by atoms with Gasteiger partial charge in [-0.2, -0.15) is 0 Å². The molecule has 3 rings (SSSR count). The molecule has 4 heteroatoms. The van der Waals surface area contributed by atoms with Gasteiger partial charge in [0.15, 0.2) is 5.15 Å². The molecule has 2 aromatic rings. The summed E-state index contributed by atoms with van der Waals surface area (Å²) in [4.78, 5) is 8.66. The molecule has 1 fully saturated rings. The van der Waals surface area contributed by atoms with E-state index < -0.39 is 0 Å². The Morgan fingerprint density at radius 3 is 2.78 bits per heavy atom. The summed E-state index contributed by atoms with van der Waals surface area (Å²) in [5, 5.41) is 0.540. The number of rotatable bonds is 2. The van der Waals surface area contributed by atoms with Gasteiger partial charge in [-0.05, 0) is 31.6 Å². The monoisotopic (exact) mass is 263 g/mol. The Morgan fingerprint density at radius 1 is 1.28 bits per heavy atom. The van der Waals surface area contributed by atoms with Crippen molar-refractivity contribution >= 4 is 17.1 Å². The minimum atomic E-state index is 0.540. The summed E-state index contributed by atoms with van der Waals surface area (Å²) in [6, 6.07) is 0. The first-order chi connectivity index (χ1) is 8.79. The SMILES string of the molecule is CCC1CCC(c2ncc3c(Cl)nccn23)CC1. The van der Waals surface area contributed by atoms with Crippen molar-refractivity contribution in [3.63, 3.8) is 0 Å². The number of fused-ring (bicyclic) bond motifs is 1. The van der Waals surface area contributed by atoms with Crippen LogP contribution in [0.3, 0.4) is 0 Å². The van der Waals surface area contributed by atoms with Gasteiger partial charge in [0.1, 0.15) is 11.3 Å². The second-order valence-corrected chi connectivity index (χ2v) is 5.57. The van der Waals surface area contributed by atoms with Crippen LogP contribution < -0.4 is 0 Å². The van der Waals surface area contributed by atoms with Crippen molar-refractivity contribution in [3.05, 3.63) is 29.6 Å². The molecule has 0 aromatic carbocycles. The highest BCUT2D eigenvalue weighted by Gasteiger charge is 2.24. The summed E-state index contributed by atoms with van der Waals surface area (Å²) in [6.07, 6.45) is 12.0. The molecule has 1 aliphatic rings. The normalized spacial score (nSPS) is 24.6. The molecule has 1 aliphatic carbocycles. The average Bonchev–Trinajstić information content (AvgIpc) is 2.84. The highest BCUT2D eigenvalue weighted by Crippen LogP contribution is 2.36. The lowest BCUT2D eigenvalue weighted by Gasteiger charge is -2.26. The summed E-state index contributed by atoms with van der Waals surface area (Å²) in [5.41, 5.74) is 0.923. The van der Waals surface area contributed by atoms with Crippen molar-refractivity contribution in [2.45, 2.75) is 44.9 Å². The molecule has 0 amide bonds. The highest BCUT2D eigenvalue weighted by atomic mass is 35.5. The third-order valence-electron chi connectivity index (χ3n) is 4.23. The van der Waals surface area contributed by atoms with Crippen LogP contribution in [0.15, 0.2) is 18.6 Å². The molecule has 96 valence electrons. The largest absolute Gasteiger partial charge is 0.299 e. The van der Waals surface area contributed by atoms with Crippen LogP contribution in [0.25, 0.3) is 5.52 Å². The van der Waals surface area contributed by atoms with Crippen LogP contribution in [0.4, 0.5) is 0 Å². The maximum atomic E-state index is 6.08. The Hall–Kier alpha value is -1.09. The Morgan fingerprint density at radius 2 is 2.06 bits per heavy atom. The molecule has 3 nitrogen and oxygen atoms in total. The number of halogens is 1. The lowest BCUT2D eigenvalue weighted by Crippen LogP contribution is -2.14. The summed E-state index contributed by atoms with van der Waals surface area (Å²) in [6.45, 7) is 2.29. The van der Waals surface area contributed by atoms with E-state index in [4.69, 9.17) is 11.6 Å². The predicted molar refractivity (Wildman–Crippen MR) is 73.0 cm³/mol. The maximum Gasteiger partial charge on any atom is 0.154 e. The minimum Gasteiger partial charge on any atom is -0.299 e. The van der Waals surface area contributed by atoms with E-state index in [2.05, 4.69) is 21.3 Å². The summed E-state index contributed by atoms with van der Waals surface area (Å²) in [5.74, 6) is 2.65.